The van der Waals surface area contributed by atoms with Crippen molar-refractivity contribution in [2.75, 3.05) is 23.9 Å². The summed E-state index contributed by atoms with van der Waals surface area (Å²) in [4.78, 5) is 0. The summed E-state index contributed by atoms with van der Waals surface area (Å²) < 4.78 is 4.94. The van der Waals surface area contributed by atoms with Crippen LogP contribution in [0, 0.1) is 0 Å². The van der Waals surface area contributed by atoms with Crippen molar-refractivity contribution in [3.8, 4) is 0 Å². The van der Waals surface area contributed by atoms with Crippen LogP contribution in [0.25, 0.3) is 0 Å². The molecule has 0 aromatic heterocycles. The molecule has 0 aliphatic rings. The van der Waals surface area contributed by atoms with Gasteiger partial charge in [-0.25, -0.2) is 0 Å². The van der Waals surface area contributed by atoms with E-state index in [0.717, 1.165) is 29.4 Å². The standard InChI is InChI=1S/C8H14OS2/c1-3-9-4-5-11-7-8(2)6-10/h3,10H,1-2,4-7H2. The Labute approximate surface area is 78.3 Å². The average molecular weight is 190 g/mol. The van der Waals surface area contributed by atoms with Crippen LogP contribution in [0.5, 0.6) is 0 Å². The molecular formula is C8H14OS2. The van der Waals surface area contributed by atoms with Gasteiger partial charge in [0.2, 0.25) is 0 Å². The lowest BCUT2D eigenvalue weighted by molar-refractivity contribution is 0.274. The summed E-state index contributed by atoms with van der Waals surface area (Å²) >= 11 is 5.90. The van der Waals surface area contributed by atoms with Crippen LogP contribution in [-0.2, 0) is 4.74 Å². The van der Waals surface area contributed by atoms with Gasteiger partial charge >= 0.3 is 0 Å². The van der Waals surface area contributed by atoms with Crippen molar-refractivity contribution in [2.45, 2.75) is 0 Å². The van der Waals surface area contributed by atoms with Gasteiger partial charge in [0.25, 0.3) is 0 Å². The zero-order valence-corrected chi connectivity index (χ0v) is 8.29. The predicted molar refractivity (Wildman–Crippen MR) is 56.5 cm³/mol. The highest BCUT2D eigenvalue weighted by Crippen LogP contribution is 2.06. The molecule has 3 heteroatoms. The fraction of sp³-hybridized carbons (Fsp3) is 0.500. The van der Waals surface area contributed by atoms with E-state index in [9.17, 15) is 0 Å². The van der Waals surface area contributed by atoms with Gasteiger partial charge in [-0.15, -0.1) is 0 Å². The predicted octanol–water partition coefficient (Wildman–Crippen LogP) is 2.37. The molecule has 0 aromatic rings. The molecule has 0 spiro atoms. The molecule has 0 saturated heterocycles. The van der Waals surface area contributed by atoms with Gasteiger partial charge in [0.1, 0.15) is 0 Å². The van der Waals surface area contributed by atoms with Gasteiger partial charge in [0.05, 0.1) is 12.9 Å². The highest BCUT2D eigenvalue weighted by Gasteiger charge is 1.91. The number of hydrogen-bond donors (Lipinski definition) is 1. The number of hydrogen-bond acceptors (Lipinski definition) is 3. The van der Waals surface area contributed by atoms with Gasteiger partial charge < -0.3 is 4.74 Å². The zero-order valence-electron chi connectivity index (χ0n) is 6.58. The normalized spacial score (nSPS) is 9.18. The lowest BCUT2D eigenvalue weighted by Gasteiger charge is -2.01. The van der Waals surface area contributed by atoms with Crippen molar-refractivity contribution in [1.29, 1.82) is 0 Å². The van der Waals surface area contributed by atoms with Gasteiger partial charge in [-0.1, -0.05) is 18.7 Å². The molecule has 0 N–H and O–H groups in total. The van der Waals surface area contributed by atoms with Crippen LogP contribution in [0.4, 0.5) is 0 Å². The van der Waals surface area contributed by atoms with Gasteiger partial charge in [-0.3, -0.25) is 0 Å². The molecule has 0 atom stereocenters. The summed E-state index contributed by atoms with van der Waals surface area (Å²) in [6, 6.07) is 0. The van der Waals surface area contributed by atoms with Crippen molar-refractivity contribution < 1.29 is 4.74 Å². The molecule has 0 unspecified atom stereocenters. The number of thioether (sulfide) groups is 1. The largest absolute Gasteiger partial charge is 0.501 e. The minimum absolute atomic E-state index is 0.730. The number of rotatable bonds is 7. The lowest BCUT2D eigenvalue weighted by Crippen LogP contribution is -1.94. The first-order chi connectivity index (χ1) is 5.31. The highest BCUT2D eigenvalue weighted by molar-refractivity contribution is 7.99. The molecule has 0 bridgehead atoms. The quantitative estimate of drug-likeness (QED) is 0.286. The summed E-state index contributed by atoms with van der Waals surface area (Å²) in [5.74, 6) is 2.73. The first kappa shape index (κ1) is 11.0. The lowest BCUT2D eigenvalue weighted by atomic mass is 10.4. The van der Waals surface area contributed by atoms with Crippen molar-refractivity contribution >= 4 is 24.4 Å². The zero-order chi connectivity index (χ0) is 8.53. The molecule has 0 aromatic carbocycles. The summed E-state index contributed by atoms with van der Waals surface area (Å²) in [6.45, 7) is 8.01. The molecule has 0 aliphatic heterocycles. The van der Waals surface area contributed by atoms with E-state index in [0.29, 0.717) is 0 Å². The first-order valence-electron chi connectivity index (χ1n) is 3.39. The molecule has 1 nitrogen and oxygen atoms in total. The van der Waals surface area contributed by atoms with Gasteiger partial charge in [0.15, 0.2) is 0 Å². The maximum atomic E-state index is 4.94. The Balaban J connectivity index is 3.01. The second kappa shape index (κ2) is 8.08. The maximum absolute atomic E-state index is 4.94. The van der Waals surface area contributed by atoms with E-state index in [-0.39, 0.29) is 0 Å². The van der Waals surface area contributed by atoms with Crippen LogP contribution in [0.1, 0.15) is 0 Å². The molecule has 0 rings (SSSR count). The third kappa shape index (κ3) is 7.88. The van der Waals surface area contributed by atoms with Crippen LogP contribution in [0.2, 0.25) is 0 Å². The number of ether oxygens (including phenoxy) is 1. The Morgan fingerprint density at radius 2 is 2.36 bits per heavy atom. The fourth-order valence-corrected chi connectivity index (χ4v) is 1.46. The van der Waals surface area contributed by atoms with Crippen LogP contribution in [0.3, 0.4) is 0 Å². The van der Waals surface area contributed by atoms with E-state index >= 15 is 0 Å². The molecule has 11 heavy (non-hydrogen) atoms. The fourth-order valence-electron chi connectivity index (χ4n) is 0.453. The van der Waals surface area contributed by atoms with Gasteiger partial charge in [-0.05, 0) is 0 Å². The minimum atomic E-state index is 0.730. The molecule has 64 valence electrons. The Hall–Kier alpha value is -0.0200. The molecule has 0 heterocycles. The van der Waals surface area contributed by atoms with E-state index in [1.807, 2.05) is 0 Å². The van der Waals surface area contributed by atoms with Crippen molar-refractivity contribution in [3.05, 3.63) is 25.0 Å². The third-order valence-electron chi connectivity index (χ3n) is 0.993. The second-order valence-corrected chi connectivity index (χ2v) is 3.42. The molecular weight excluding hydrogens is 176 g/mol. The van der Waals surface area contributed by atoms with Gasteiger partial charge in [-0.2, -0.15) is 24.4 Å². The maximum Gasteiger partial charge on any atom is 0.0963 e. The molecule has 0 radical (unpaired) electrons. The Bertz CT molecular complexity index is 123. The summed E-state index contributed by atoms with van der Waals surface area (Å²) in [5.41, 5.74) is 1.16. The van der Waals surface area contributed by atoms with Crippen LogP contribution >= 0.6 is 24.4 Å². The Morgan fingerprint density at radius 1 is 1.64 bits per heavy atom. The van der Waals surface area contributed by atoms with Crippen LogP contribution in [-0.4, -0.2) is 23.9 Å². The monoisotopic (exact) mass is 190 g/mol. The first-order valence-corrected chi connectivity index (χ1v) is 5.17. The van der Waals surface area contributed by atoms with E-state index in [4.69, 9.17) is 4.74 Å². The van der Waals surface area contributed by atoms with Crippen molar-refractivity contribution in [2.24, 2.45) is 0 Å². The minimum Gasteiger partial charge on any atom is -0.501 e. The molecule has 0 amide bonds. The van der Waals surface area contributed by atoms with E-state index in [2.05, 4.69) is 25.8 Å². The van der Waals surface area contributed by atoms with Crippen LogP contribution < -0.4 is 0 Å². The van der Waals surface area contributed by atoms with E-state index < -0.39 is 0 Å². The second-order valence-electron chi connectivity index (χ2n) is 2.00. The Kier molecular flexibility index (Phi) is 8.07. The van der Waals surface area contributed by atoms with E-state index in [1.165, 1.54) is 6.26 Å². The number of thiol groups is 1. The Morgan fingerprint density at radius 3 is 2.91 bits per heavy atom. The smallest absolute Gasteiger partial charge is 0.0963 e. The van der Waals surface area contributed by atoms with Crippen molar-refractivity contribution in [1.82, 2.24) is 0 Å². The topological polar surface area (TPSA) is 9.23 Å². The van der Waals surface area contributed by atoms with Crippen molar-refractivity contribution in [3.63, 3.8) is 0 Å². The average Bonchev–Trinajstić information content (AvgIpc) is 2.04. The molecule has 0 aliphatic carbocycles. The summed E-state index contributed by atoms with van der Waals surface area (Å²) in [5, 5.41) is 0. The summed E-state index contributed by atoms with van der Waals surface area (Å²) in [6.07, 6.45) is 1.47. The molecule has 0 fully saturated rings. The van der Waals surface area contributed by atoms with E-state index in [1.54, 1.807) is 11.8 Å². The van der Waals surface area contributed by atoms with Gasteiger partial charge in [0, 0.05) is 17.3 Å². The van der Waals surface area contributed by atoms with Crippen LogP contribution in [0.15, 0.2) is 25.0 Å². The SMILES string of the molecule is C=COCCSCC(=C)CS. The molecule has 0 saturated carbocycles. The third-order valence-corrected chi connectivity index (χ3v) is 2.51. The summed E-state index contributed by atoms with van der Waals surface area (Å²) in [7, 11) is 0. The highest BCUT2D eigenvalue weighted by atomic mass is 32.2.